The molecule has 3 fully saturated rings. The Morgan fingerprint density at radius 1 is 0.716 bits per heavy atom. The summed E-state index contributed by atoms with van der Waals surface area (Å²) >= 11 is 0. The van der Waals surface area contributed by atoms with Crippen molar-refractivity contribution in [3.63, 3.8) is 0 Å². The molecule has 0 bridgehead atoms. The standard InChI is InChI=1S/C36H72NO8P.C19H28O2/c1-6-8-10-12-14-16-18-20-22-24-26-28-35(38)42-32-34(33-44-46(40,41)43-31-30-37(3,4)5)45-36(39)29-27-25-23-21-19-17-15-13-11-9-7-2;1-18-9-7-13(20)11-12(18)3-4-14-15-5-6-17(21)19(15,2)10-8-16(14)18/h34H,6-33H2,1-5H3;3,13-16,20H,4-11H2,1-2H3/t34-;13-,14-,15-,16-,18-,19-/m10/s1. The molecular weight excluding hydrogens is 866 g/mol. The van der Waals surface area contributed by atoms with Crippen molar-refractivity contribution in [1.29, 1.82) is 0 Å². The van der Waals surface area contributed by atoms with E-state index in [0.29, 0.717) is 40.5 Å². The summed E-state index contributed by atoms with van der Waals surface area (Å²) in [6.07, 6.45) is 36.2. The first-order valence-corrected chi connectivity index (χ1v) is 29.1. The highest BCUT2D eigenvalue weighted by atomic mass is 31.2. The Balaban J connectivity index is 0.000000460. The van der Waals surface area contributed by atoms with Crippen molar-refractivity contribution in [2.45, 2.75) is 245 Å². The maximum Gasteiger partial charge on any atom is 0.306 e. The third-order valence-electron chi connectivity index (χ3n) is 15.9. The van der Waals surface area contributed by atoms with Gasteiger partial charge < -0.3 is 33.0 Å². The lowest BCUT2D eigenvalue weighted by Gasteiger charge is -2.56. The van der Waals surface area contributed by atoms with E-state index in [0.717, 1.165) is 83.0 Å². The van der Waals surface area contributed by atoms with E-state index in [1.807, 2.05) is 21.1 Å². The lowest BCUT2D eigenvalue weighted by molar-refractivity contribution is -0.870. The maximum absolute atomic E-state index is 12.6. The molecule has 0 heterocycles. The Morgan fingerprint density at radius 2 is 1.21 bits per heavy atom. The third-order valence-corrected chi connectivity index (χ3v) is 16.9. The summed E-state index contributed by atoms with van der Waals surface area (Å²) in [5.41, 5.74) is 1.81. The van der Waals surface area contributed by atoms with E-state index < -0.39 is 26.5 Å². The average molecular weight is 966 g/mol. The molecule has 0 amide bonds. The minimum atomic E-state index is -4.60. The van der Waals surface area contributed by atoms with Crippen LogP contribution in [0.5, 0.6) is 0 Å². The van der Waals surface area contributed by atoms with Gasteiger partial charge in [0.15, 0.2) is 6.10 Å². The van der Waals surface area contributed by atoms with Crippen molar-refractivity contribution < 1.29 is 52.0 Å². The molecule has 4 rings (SSSR count). The predicted octanol–water partition coefficient (Wildman–Crippen LogP) is 12.9. The van der Waals surface area contributed by atoms with Crippen LogP contribution in [0.15, 0.2) is 11.6 Å². The molecule has 0 aromatic heterocycles. The Bertz CT molecular complexity index is 1500. The van der Waals surface area contributed by atoms with E-state index in [1.54, 1.807) is 0 Å². The van der Waals surface area contributed by atoms with Crippen LogP contribution in [0.25, 0.3) is 0 Å². The van der Waals surface area contributed by atoms with Crippen LogP contribution < -0.4 is 4.89 Å². The van der Waals surface area contributed by atoms with Gasteiger partial charge >= 0.3 is 11.9 Å². The van der Waals surface area contributed by atoms with Crippen LogP contribution in [0.3, 0.4) is 0 Å². The number of hydrogen-bond donors (Lipinski definition) is 1. The minimum absolute atomic E-state index is 0.0168. The summed E-state index contributed by atoms with van der Waals surface area (Å²) in [4.78, 5) is 49.6. The maximum atomic E-state index is 12.6. The van der Waals surface area contributed by atoms with E-state index >= 15 is 0 Å². The summed E-state index contributed by atoms with van der Waals surface area (Å²) in [5.74, 6) is 1.77. The van der Waals surface area contributed by atoms with Crippen molar-refractivity contribution in [3.05, 3.63) is 11.6 Å². The fourth-order valence-corrected chi connectivity index (χ4v) is 12.3. The minimum Gasteiger partial charge on any atom is -0.756 e. The molecule has 3 saturated carbocycles. The number of esters is 2. The fourth-order valence-electron chi connectivity index (χ4n) is 11.5. The zero-order valence-electron chi connectivity index (χ0n) is 43.9. The van der Waals surface area contributed by atoms with Gasteiger partial charge in [-0.25, -0.2) is 0 Å². The van der Waals surface area contributed by atoms with Crippen molar-refractivity contribution >= 4 is 25.5 Å². The van der Waals surface area contributed by atoms with Crippen LogP contribution >= 0.6 is 7.82 Å². The molecule has 67 heavy (non-hydrogen) atoms. The highest BCUT2D eigenvalue weighted by Crippen LogP contribution is 2.64. The number of phosphoric ester groups is 1. The predicted molar refractivity (Wildman–Crippen MR) is 268 cm³/mol. The fraction of sp³-hybridized carbons (Fsp3) is 0.909. The average Bonchev–Trinajstić information content (AvgIpc) is 3.59. The Morgan fingerprint density at radius 3 is 1.75 bits per heavy atom. The van der Waals surface area contributed by atoms with E-state index in [1.165, 1.54) is 115 Å². The highest BCUT2D eigenvalue weighted by Gasteiger charge is 2.58. The Kier molecular flexibility index (Phi) is 28.2. The molecule has 4 aliphatic rings. The molecule has 8 atom stereocenters. The molecule has 0 aromatic carbocycles. The number of allylic oxidation sites excluding steroid dienone is 1. The number of likely N-dealkylation sites (N-methyl/N-ethyl adjacent to an activating group) is 1. The number of unbranched alkanes of at least 4 members (excludes halogenated alkanes) is 20. The van der Waals surface area contributed by atoms with Gasteiger partial charge in [0.25, 0.3) is 7.82 Å². The first-order valence-electron chi connectivity index (χ1n) is 27.6. The number of nitrogens with zero attached hydrogens (tertiary/aromatic N) is 1. The molecule has 1 unspecified atom stereocenters. The smallest absolute Gasteiger partial charge is 0.306 e. The number of ether oxygens (including phenoxy) is 2. The topological polar surface area (TPSA) is 148 Å². The summed E-state index contributed by atoms with van der Waals surface area (Å²) in [5, 5.41) is 10.00. The SMILES string of the molecule is CCCCCCCCCCCCCC(=O)OC[C@H](COP(=O)([O-])OCC[N+](C)(C)C)OC(=O)CCCCCCCCCCCCC.C[C@]12CC[C@H](O)CC1=CC[C@@H]1[C@@H]2CC[C@]2(C)C(=O)CC[C@@H]12. The number of aliphatic hydroxyl groups is 1. The molecule has 4 aliphatic carbocycles. The second-order valence-corrected chi connectivity index (χ2v) is 23.9. The molecule has 0 saturated heterocycles. The number of hydrogen-bond acceptors (Lipinski definition) is 10. The first kappa shape index (κ1) is 59.7. The highest BCUT2D eigenvalue weighted by molar-refractivity contribution is 7.45. The zero-order valence-corrected chi connectivity index (χ0v) is 44.8. The molecular formula is C55H100NO10P. The van der Waals surface area contributed by atoms with Crippen LogP contribution in [0.1, 0.15) is 233 Å². The third kappa shape index (κ3) is 22.6. The van der Waals surface area contributed by atoms with E-state index in [9.17, 15) is 28.9 Å². The van der Waals surface area contributed by atoms with E-state index in [-0.39, 0.29) is 43.5 Å². The first-order chi connectivity index (χ1) is 31.9. The van der Waals surface area contributed by atoms with Crippen LogP contribution in [-0.4, -0.2) is 87.0 Å². The summed E-state index contributed by atoms with van der Waals surface area (Å²) in [6, 6.07) is 0. The Labute approximate surface area is 409 Å². The monoisotopic (exact) mass is 966 g/mol. The lowest BCUT2D eigenvalue weighted by Crippen LogP contribution is -2.50. The largest absolute Gasteiger partial charge is 0.756 e. The second kappa shape index (κ2) is 31.7. The number of rotatable bonds is 34. The van der Waals surface area contributed by atoms with Crippen molar-refractivity contribution in [3.8, 4) is 0 Å². The number of Topliss-reactive ketones (excluding diaryl/α,β-unsaturated/α-hetero) is 1. The molecule has 0 radical (unpaired) electrons. The number of carbonyl (C=O) groups excluding carboxylic acids is 3. The molecule has 12 heteroatoms. The molecule has 390 valence electrons. The number of carbonyl (C=O) groups is 3. The molecule has 0 spiro atoms. The Hall–Kier alpha value is -1.62. The number of ketones is 1. The van der Waals surface area contributed by atoms with Gasteiger partial charge in [-0.1, -0.05) is 168 Å². The van der Waals surface area contributed by atoms with Crippen LogP contribution in [0, 0.1) is 28.6 Å². The van der Waals surface area contributed by atoms with Gasteiger partial charge in [0.1, 0.15) is 25.5 Å². The van der Waals surface area contributed by atoms with Gasteiger partial charge in [-0.05, 0) is 81.0 Å². The van der Waals surface area contributed by atoms with Gasteiger partial charge in [-0.15, -0.1) is 0 Å². The number of quaternary nitrogens is 1. The van der Waals surface area contributed by atoms with Crippen molar-refractivity contribution in [2.24, 2.45) is 28.6 Å². The molecule has 0 aliphatic heterocycles. The van der Waals surface area contributed by atoms with Crippen molar-refractivity contribution in [2.75, 3.05) is 47.5 Å². The normalized spacial score (nSPS) is 26.0. The number of phosphoric acid groups is 1. The second-order valence-electron chi connectivity index (χ2n) is 22.5. The molecule has 1 N–H and O–H groups in total. The van der Waals surface area contributed by atoms with Gasteiger partial charge in [0, 0.05) is 24.7 Å². The van der Waals surface area contributed by atoms with Crippen molar-refractivity contribution in [1.82, 2.24) is 0 Å². The number of fused-ring (bicyclic) bond motifs is 5. The quantitative estimate of drug-likeness (QED) is 0.0217. The molecule has 11 nitrogen and oxygen atoms in total. The van der Waals surface area contributed by atoms with E-state index in [4.69, 9.17) is 18.5 Å². The molecule has 0 aromatic rings. The van der Waals surface area contributed by atoms with E-state index in [2.05, 4.69) is 33.8 Å². The lowest BCUT2D eigenvalue weighted by atomic mass is 9.48. The van der Waals surface area contributed by atoms with Crippen LogP contribution in [0.4, 0.5) is 0 Å². The van der Waals surface area contributed by atoms with Gasteiger partial charge in [-0.2, -0.15) is 0 Å². The van der Waals surface area contributed by atoms with Gasteiger partial charge in [0.2, 0.25) is 0 Å². The van der Waals surface area contributed by atoms with Crippen LogP contribution in [-0.2, 0) is 37.5 Å². The summed E-state index contributed by atoms with van der Waals surface area (Å²) < 4.78 is 33.7. The summed E-state index contributed by atoms with van der Waals surface area (Å²) in [7, 11) is 1.18. The summed E-state index contributed by atoms with van der Waals surface area (Å²) in [6.45, 7) is 8.90. The van der Waals surface area contributed by atoms with Gasteiger partial charge in [0.05, 0.1) is 33.9 Å². The zero-order chi connectivity index (χ0) is 49.2. The number of aliphatic hydroxyl groups excluding tert-OH is 1. The van der Waals surface area contributed by atoms with Crippen LogP contribution in [0.2, 0.25) is 0 Å². The van der Waals surface area contributed by atoms with Gasteiger partial charge in [-0.3, -0.25) is 18.9 Å².